The van der Waals surface area contributed by atoms with E-state index in [1.165, 1.54) is 28.7 Å². The fourth-order valence-corrected chi connectivity index (χ4v) is 1.90. The van der Waals surface area contributed by atoms with Gasteiger partial charge in [-0.25, -0.2) is 9.42 Å². The standard InChI is InChI=1S/C10H9IN4O5/c1-14(4-5-19-10(11)16)6-2-3-7(15(17)18)9-8(6)12-20-13-9/h2-3H,4-5H2,1H3. The van der Waals surface area contributed by atoms with Gasteiger partial charge in [-0.1, -0.05) is 0 Å². The highest BCUT2D eigenvalue weighted by Crippen LogP contribution is 2.30. The quantitative estimate of drug-likeness (QED) is 0.329. The fourth-order valence-electron chi connectivity index (χ4n) is 1.68. The summed E-state index contributed by atoms with van der Waals surface area (Å²) in [4.78, 5) is 22.7. The van der Waals surface area contributed by atoms with Crippen molar-refractivity contribution in [2.24, 2.45) is 0 Å². The first-order chi connectivity index (χ1) is 9.50. The van der Waals surface area contributed by atoms with Gasteiger partial charge in [-0.3, -0.25) is 10.1 Å². The van der Waals surface area contributed by atoms with Crippen LogP contribution in [0, 0.1) is 10.1 Å². The number of benzene rings is 1. The Morgan fingerprint density at radius 2 is 2.20 bits per heavy atom. The van der Waals surface area contributed by atoms with Crippen molar-refractivity contribution in [1.82, 2.24) is 10.3 Å². The molecule has 0 aliphatic heterocycles. The van der Waals surface area contributed by atoms with E-state index in [4.69, 9.17) is 4.74 Å². The first-order valence-electron chi connectivity index (χ1n) is 5.43. The molecule has 0 atom stereocenters. The number of non-ortho nitro benzene ring substituents is 1. The molecule has 0 aliphatic rings. The number of nitro benzene ring substituents is 1. The molecule has 0 spiro atoms. The maximum absolute atomic E-state index is 10.9. The molecular weight excluding hydrogens is 383 g/mol. The first-order valence-corrected chi connectivity index (χ1v) is 6.51. The molecule has 1 heterocycles. The SMILES string of the molecule is CN(CCOC(=O)I)c1ccc([N+](=O)[O-])c2nonc12. The van der Waals surface area contributed by atoms with E-state index < -0.39 is 8.90 Å². The lowest BCUT2D eigenvalue weighted by Crippen LogP contribution is -2.23. The zero-order valence-corrected chi connectivity index (χ0v) is 12.4. The zero-order valence-electron chi connectivity index (χ0n) is 10.3. The molecule has 0 unspecified atom stereocenters. The monoisotopic (exact) mass is 392 g/mol. The number of nitrogens with zero attached hydrogens (tertiary/aromatic N) is 4. The molecular formula is C10H9IN4O5. The molecule has 0 aliphatic carbocycles. The highest BCUT2D eigenvalue weighted by Gasteiger charge is 2.21. The molecule has 2 aromatic rings. The molecule has 0 saturated heterocycles. The van der Waals surface area contributed by atoms with Crippen molar-refractivity contribution in [3.63, 3.8) is 0 Å². The molecule has 1 aromatic heterocycles. The van der Waals surface area contributed by atoms with Gasteiger partial charge in [0.15, 0.2) is 5.52 Å². The first kappa shape index (κ1) is 14.4. The van der Waals surface area contributed by atoms with Gasteiger partial charge >= 0.3 is 9.66 Å². The van der Waals surface area contributed by atoms with E-state index in [1.54, 1.807) is 18.0 Å². The van der Waals surface area contributed by atoms with Crippen LogP contribution in [-0.2, 0) is 4.74 Å². The van der Waals surface area contributed by atoms with Gasteiger partial charge < -0.3 is 9.64 Å². The van der Waals surface area contributed by atoms with E-state index in [1.807, 2.05) is 0 Å². The van der Waals surface area contributed by atoms with E-state index in [-0.39, 0.29) is 17.8 Å². The summed E-state index contributed by atoms with van der Waals surface area (Å²) in [6, 6.07) is 2.89. The molecule has 106 valence electrons. The van der Waals surface area contributed by atoms with Crippen molar-refractivity contribution in [1.29, 1.82) is 0 Å². The Kier molecular flexibility index (Phi) is 4.32. The highest BCUT2D eigenvalue weighted by atomic mass is 127. The van der Waals surface area contributed by atoms with E-state index >= 15 is 0 Å². The topological polar surface area (TPSA) is 112 Å². The molecule has 0 fully saturated rings. The second kappa shape index (κ2) is 5.98. The summed E-state index contributed by atoms with van der Waals surface area (Å²) in [5.74, 6) is 0. The van der Waals surface area contributed by atoms with E-state index in [2.05, 4.69) is 14.9 Å². The lowest BCUT2D eigenvalue weighted by molar-refractivity contribution is -0.383. The normalized spacial score (nSPS) is 10.5. The third-order valence-corrected chi connectivity index (χ3v) is 2.93. The van der Waals surface area contributed by atoms with E-state index in [0.717, 1.165) is 0 Å². The minimum absolute atomic E-state index is 0.0882. The van der Waals surface area contributed by atoms with Crippen LogP contribution >= 0.6 is 22.6 Å². The number of likely N-dealkylation sites (N-methyl/N-ethyl adjacent to an activating group) is 1. The van der Waals surface area contributed by atoms with E-state index in [9.17, 15) is 14.9 Å². The number of carbonyl (C=O) groups is 1. The minimum atomic E-state index is -0.547. The zero-order chi connectivity index (χ0) is 14.7. The third-order valence-electron chi connectivity index (χ3n) is 2.62. The van der Waals surface area contributed by atoms with Gasteiger partial charge in [0.25, 0.3) is 0 Å². The smallest absolute Gasteiger partial charge is 0.367 e. The Hall–Kier alpha value is -1.98. The molecule has 0 saturated carbocycles. The Morgan fingerprint density at radius 1 is 1.50 bits per heavy atom. The number of aromatic nitrogens is 2. The number of rotatable bonds is 5. The summed E-state index contributed by atoms with van der Waals surface area (Å²) in [5.41, 5.74) is 0.821. The van der Waals surface area contributed by atoms with Crippen LogP contribution in [0.5, 0.6) is 0 Å². The summed E-state index contributed by atoms with van der Waals surface area (Å²) >= 11 is 1.54. The van der Waals surface area contributed by atoms with E-state index in [0.29, 0.717) is 17.7 Å². The summed E-state index contributed by atoms with van der Waals surface area (Å²) in [6.07, 6.45) is 0. The van der Waals surface area contributed by atoms with Gasteiger partial charge in [-0.05, 0) is 16.4 Å². The fraction of sp³-hybridized carbons (Fsp3) is 0.300. The van der Waals surface area contributed by atoms with Crippen molar-refractivity contribution < 1.29 is 19.1 Å². The van der Waals surface area contributed by atoms with Crippen LogP contribution in [-0.4, -0.2) is 39.4 Å². The summed E-state index contributed by atoms with van der Waals surface area (Å²) in [6.45, 7) is 0.608. The van der Waals surface area contributed by atoms with Crippen LogP contribution in [0.1, 0.15) is 0 Å². The Labute approximate surface area is 126 Å². The molecule has 0 bridgehead atoms. The average molecular weight is 392 g/mol. The van der Waals surface area contributed by atoms with Gasteiger partial charge in [0.05, 0.1) is 39.7 Å². The maximum Gasteiger partial charge on any atom is 0.367 e. The van der Waals surface area contributed by atoms with Gasteiger partial charge in [-0.15, -0.1) is 0 Å². The predicted octanol–water partition coefficient (Wildman–Crippen LogP) is 2.14. The Morgan fingerprint density at radius 3 is 2.85 bits per heavy atom. The van der Waals surface area contributed by atoms with Crippen molar-refractivity contribution in [3.05, 3.63) is 22.2 Å². The second-order valence-electron chi connectivity index (χ2n) is 3.83. The van der Waals surface area contributed by atoms with Crippen molar-refractivity contribution in [2.45, 2.75) is 0 Å². The lowest BCUT2D eigenvalue weighted by atomic mass is 10.2. The summed E-state index contributed by atoms with van der Waals surface area (Å²) < 4.78 is 9.00. The highest BCUT2D eigenvalue weighted by molar-refractivity contribution is 14.1. The molecule has 0 radical (unpaired) electrons. The van der Waals surface area contributed by atoms with Crippen LogP contribution < -0.4 is 4.90 Å². The van der Waals surface area contributed by atoms with Crippen LogP contribution in [0.4, 0.5) is 16.2 Å². The number of hydrogen-bond donors (Lipinski definition) is 0. The Balaban J connectivity index is 2.26. The number of ether oxygens (including phenoxy) is 1. The van der Waals surface area contributed by atoms with Crippen LogP contribution in [0.25, 0.3) is 11.0 Å². The van der Waals surface area contributed by atoms with Gasteiger partial charge in [0, 0.05) is 13.1 Å². The largest absolute Gasteiger partial charge is 0.456 e. The molecule has 0 amide bonds. The number of halogens is 1. The lowest BCUT2D eigenvalue weighted by Gasteiger charge is -2.18. The summed E-state index contributed by atoms with van der Waals surface area (Å²) in [7, 11) is 1.75. The van der Waals surface area contributed by atoms with Crippen LogP contribution in [0.2, 0.25) is 0 Å². The summed E-state index contributed by atoms with van der Waals surface area (Å²) in [5, 5.41) is 18.1. The third kappa shape index (κ3) is 2.95. The molecule has 20 heavy (non-hydrogen) atoms. The van der Waals surface area contributed by atoms with Crippen molar-refractivity contribution in [3.8, 4) is 0 Å². The minimum Gasteiger partial charge on any atom is -0.456 e. The average Bonchev–Trinajstić information content (AvgIpc) is 2.85. The molecule has 2 rings (SSSR count). The second-order valence-corrected chi connectivity index (χ2v) is 4.71. The van der Waals surface area contributed by atoms with Gasteiger partial charge in [0.1, 0.15) is 6.61 Å². The predicted molar refractivity (Wildman–Crippen MR) is 77.1 cm³/mol. The van der Waals surface area contributed by atoms with Crippen molar-refractivity contribution in [2.75, 3.05) is 25.1 Å². The van der Waals surface area contributed by atoms with Crippen LogP contribution in [0.15, 0.2) is 16.8 Å². The molecule has 1 aromatic carbocycles. The Bertz CT molecular complexity index is 658. The number of fused-ring (bicyclic) bond motifs is 1. The van der Waals surface area contributed by atoms with Gasteiger partial charge in [-0.2, -0.15) is 0 Å². The molecule has 0 N–H and O–H groups in total. The maximum atomic E-state index is 10.9. The van der Waals surface area contributed by atoms with Gasteiger partial charge in [0.2, 0.25) is 5.52 Å². The van der Waals surface area contributed by atoms with Crippen LogP contribution in [0.3, 0.4) is 0 Å². The number of hydrogen-bond acceptors (Lipinski definition) is 8. The molecule has 9 nitrogen and oxygen atoms in total. The van der Waals surface area contributed by atoms with Crippen molar-refractivity contribution >= 4 is 49.0 Å². The number of carbonyl (C=O) groups excluding carboxylic acids is 1. The number of nitro groups is 1. The number of anilines is 1. The molecule has 10 heteroatoms.